The fraction of sp³-hybridized carbons (Fsp3) is 0.0455. The Bertz CT molecular complexity index is 1100. The second-order valence-electron chi connectivity index (χ2n) is 5.97. The van der Waals surface area contributed by atoms with Crippen molar-refractivity contribution in [1.29, 1.82) is 0 Å². The highest BCUT2D eigenvalue weighted by Crippen LogP contribution is 2.25. The van der Waals surface area contributed by atoms with Gasteiger partial charge in [0.1, 0.15) is 23.7 Å². The number of fused-ring (bicyclic) bond motifs is 1. The van der Waals surface area contributed by atoms with E-state index in [9.17, 15) is 9.90 Å². The fourth-order valence-corrected chi connectivity index (χ4v) is 2.76. The Balaban J connectivity index is 1.64. The van der Waals surface area contributed by atoms with E-state index in [1.165, 1.54) is 0 Å². The molecule has 4 rings (SSSR count). The highest BCUT2D eigenvalue weighted by atomic mass is 16.5. The largest absolute Gasteiger partial charge is 0.508 e. The zero-order chi connectivity index (χ0) is 17.9. The van der Waals surface area contributed by atoms with Crippen molar-refractivity contribution >= 4 is 11.0 Å². The summed E-state index contributed by atoms with van der Waals surface area (Å²) < 4.78 is 11.3. The zero-order valence-corrected chi connectivity index (χ0v) is 13.9. The lowest BCUT2D eigenvalue weighted by Crippen LogP contribution is -2.02. The molecule has 1 aromatic heterocycles. The van der Waals surface area contributed by atoms with E-state index in [1.54, 1.807) is 36.4 Å². The van der Waals surface area contributed by atoms with E-state index in [0.717, 1.165) is 10.9 Å². The van der Waals surface area contributed by atoms with Gasteiger partial charge < -0.3 is 14.3 Å². The number of hydrogen-bond donors (Lipinski definition) is 1. The monoisotopic (exact) mass is 344 g/mol. The lowest BCUT2D eigenvalue weighted by atomic mass is 10.1. The molecule has 0 aliphatic heterocycles. The highest BCUT2D eigenvalue weighted by Gasteiger charge is 2.09. The van der Waals surface area contributed by atoms with E-state index in [0.29, 0.717) is 29.1 Å². The molecule has 1 N–H and O–H groups in total. The van der Waals surface area contributed by atoms with Crippen molar-refractivity contribution in [2.45, 2.75) is 6.61 Å². The standard InChI is InChI=1S/C22H16O4/c23-18-9-6-16(7-10-18)20-12-17-8-11-19(13-21(17)26-22(20)24)25-14-15-4-2-1-3-5-15/h1-13,23H,14H2. The van der Waals surface area contributed by atoms with Crippen molar-refractivity contribution in [2.24, 2.45) is 0 Å². The normalized spacial score (nSPS) is 10.8. The first-order chi connectivity index (χ1) is 12.7. The molecule has 128 valence electrons. The van der Waals surface area contributed by atoms with Crippen LogP contribution in [0.3, 0.4) is 0 Å². The van der Waals surface area contributed by atoms with Crippen LogP contribution in [0.4, 0.5) is 0 Å². The van der Waals surface area contributed by atoms with Gasteiger partial charge in [-0.25, -0.2) is 4.79 Å². The van der Waals surface area contributed by atoms with Crippen LogP contribution in [0, 0.1) is 0 Å². The van der Waals surface area contributed by atoms with Crippen LogP contribution in [0.15, 0.2) is 88.1 Å². The zero-order valence-electron chi connectivity index (χ0n) is 13.9. The maximum atomic E-state index is 12.3. The van der Waals surface area contributed by atoms with Crippen LogP contribution < -0.4 is 10.4 Å². The molecule has 3 aromatic carbocycles. The number of hydrogen-bond acceptors (Lipinski definition) is 4. The second-order valence-corrected chi connectivity index (χ2v) is 5.97. The molecule has 1 heterocycles. The minimum Gasteiger partial charge on any atom is -0.508 e. The molecule has 0 fully saturated rings. The smallest absolute Gasteiger partial charge is 0.344 e. The van der Waals surface area contributed by atoms with Crippen LogP contribution in [0.1, 0.15) is 5.56 Å². The minimum absolute atomic E-state index is 0.152. The van der Waals surface area contributed by atoms with Crippen LogP contribution >= 0.6 is 0 Å². The van der Waals surface area contributed by atoms with E-state index >= 15 is 0 Å². The van der Waals surface area contributed by atoms with Gasteiger partial charge in [0.05, 0.1) is 5.56 Å². The quantitative estimate of drug-likeness (QED) is 0.543. The van der Waals surface area contributed by atoms with Crippen LogP contribution in [0.25, 0.3) is 22.1 Å². The SMILES string of the molecule is O=c1oc2cc(OCc3ccccc3)ccc2cc1-c1ccc(O)cc1. The Hall–Kier alpha value is -3.53. The van der Waals surface area contributed by atoms with Gasteiger partial charge in [-0.1, -0.05) is 42.5 Å². The summed E-state index contributed by atoms with van der Waals surface area (Å²) in [5, 5.41) is 10.2. The van der Waals surface area contributed by atoms with Gasteiger partial charge in [-0.15, -0.1) is 0 Å². The molecular weight excluding hydrogens is 328 g/mol. The van der Waals surface area contributed by atoms with Gasteiger partial charge in [0, 0.05) is 11.5 Å². The summed E-state index contributed by atoms with van der Waals surface area (Å²) in [4.78, 5) is 12.3. The van der Waals surface area contributed by atoms with Crippen LogP contribution in [-0.2, 0) is 6.61 Å². The first-order valence-electron chi connectivity index (χ1n) is 8.23. The summed E-state index contributed by atoms with van der Waals surface area (Å²) >= 11 is 0. The van der Waals surface area contributed by atoms with Gasteiger partial charge in [0.15, 0.2) is 0 Å². The predicted molar refractivity (Wildman–Crippen MR) is 100 cm³/mol. The fourth-order valence-electron chi connectivity index (χ4n) is 2.76. The second kappa shape index (κ2) is 6.76. The van der Waals surface area contributed by atoms with Gasteiger partial charge >= 0.3 is 5.63 Å². The molecule has 0 bridgehead atoms. The number of ether oxygens (including phenoxy) is 1. The molecule has 4 heteroatoms. The number of phenols is 1. The summed E-state index contributed by atoms with van der Waals surface area (Å²) in [5.41, 5.74) is 2.27. The Kier molecular flexibility index (Phi) is 4.15. The number of aromatic hydroxyl groups is 1. The first kappa shape index (κ1) is 16.0. The van der Waals surface area contributed by atoms with E-state index in [1.807, 2.05) is 42.5 Å². The molecule has 4 aromatic rings. The average molecular weight is 344 g/mol. The molecule has 4 nitrogen and oxygen atoms in total. The van der Waals surface area contributed by atoms with E-state index in [-0.39, 0.29) is 5.75 Å². The molecular formula is C22H16O4. The van der Waals surface area contributed by atoms with Gasteiger partial charge in [-0.05, 0) is 41.5 Å². The molecule has 0 radical (unpaired) electrons. The lowest BCUT2D eigenvalue weighted by Gasteiger charge is -2.08. The molecule has 0 saturated carbocycles. The minimum atomic E-state index is -0.427. The molecule has 0 unspecified atom stereocenters. The van der Waals surface area contributed by atoms with Crippen molar-refractivity contribution in [2.75, 3.05) is 0 Å². The summed E-state index contributed by atoms with van der Waals surface area (Å²) in [6, 6.07) is 23.5. The molecule has 0 spiro atoms. The Morgan fingerprint density at radius 2 is 1.65 bits per heavy atom. The topological polar surface area (TPSA) is 59.7 Å². The Labute approximate surface area is 149 Å². The van der Waals surface area contributed by atoms with Gasteiger partial charge in [0.2, 0.25) is 0 Å². The highest BCUT2D eigenvalue weighted by molar-refractivity contribution is 5.82. The maximum absolute atomic E-state index is 12.3. The number of rotatable bonds is 4. The van der Waals surface area contributed by atoms with Crippen molar-refractivity contribution < 1.29 is 14.3 Å². The van der Waals surface area contributed by atoms with Gasteiger partial charge in [-0.3, -0.25) is 0 Å². The first-order valence-corrected chi connectivity index (χ1v) is 8.23. The third-order valence-corrected chi connectivity index (χ3v) is 4.13. The average Bonchev–Trinajstić information content (AvgIpc) is 2.67. The summed E-state index contributed by atoms with van der Waals surface area (Å²) in [5.74, 6) is 0.793. The van der Waals surface area contributed by atoms with Gasteiger partial charge in [-0.2, -0.15) is 0 Å². The lowest BCUT2D eigenvalue weighted by molar-refractivity contribution is 0.306. The van der Waals surface area contributed by atoms with Crippen molar-refractivity contribution in [3.8, 4) is 22.6 Å². The van der Waals surface area contributed by atoms with E-state index in [2.05, 4.69) is 0 Å². The van der Waals surface area contributed by atoms with Crippen molar-refractivity contribution in [3.05, 3.63) is 94.8 Å². The Morgan fingerprint density at radius 3 is 2.42 bits per heavy atom. The van der Waals surface area contributed by atoms with Crippen LogP contribution in [-0.4, -0.2) is 5.11 Å². The molecule has 0 aliphatic carbocycles. The molecule has 0 saturated heterocycles. The molecule has 0 amide bonds. The van der Waals surface area contributed by atoms with E-state index < -0.39 is 5.63 Å². The molecule has 0 aliphatic rings. The third-order valence-electron chi connectivity index (χ3n) is 4.13. The van der Waals surface area contributed by atoms with Crippen molar-refractivity contribution in [1.82, 2.24) is 0 Å². The van der Waals surface area contributed by atoms with Crippen molar-refractivity contribution in [3.63, 3.8) is 0 Å². The third kappa shape index (κ3) is 3.30. The molecule has 26 heavy (non-hydrogen) atoms. The van der Waals surface area contributed by atoms with Gasteiger partial charge in [0.25, 0.3) is 0 Å². The number of benzene rings is 3. The molecule has 0 atom stereocenters. The summed E-state index contributed by atoms with van der Waals surface area (Å²) in [6.45, 7) is 0.447. The van der Waals surface area contributed by atoms with E-state index in [4.69, 9.17) is 9.15 Å². The predicted octanol–water partition coefficient (Wildman–Crippen LogP) is 4.74. The number of phenolic OH excluding ortho intramolecular Hbond substituents is 1. The maximum Gasteiger partial charge on any atom is 0.344 e. The Morgan fingerprint density at radius 1 is 0.885 bits per heavy atom. The van der Waals surface area contributed by atoms with Crippen LogP contribution in [0.2, 0.25) is 0 Å². The van der Waals surface area contributed by atoms with Crippen LogP contribution in [0.5, 0.6) is 11.5 Å². The summed E-state index contributed by atoms with van der Waals surface area (Å²) in [6.07, 6.45) is 0. The summed E-state index contributed by atoms with van der Waals surface area (Å²) in [7, 11) is 0.